The highest BCUT2D eigenvalue weighted by molar-refractivity contribution is 5.96. The van der Waals surface area contributed by atoms with Gasteiger partial charge in [0, 0.05) is 45.3 Å². The van der Waals surface area contributed by atoms with Crippen LogP contribution in [0, 0.1) is 0 Å². The lowest BCUT2D eigenvalue weighted by atomic mass is 10.0. The summed E-state index contributed by atoms with van der Waals surface area (Å²) in [5, 5.41) is 0. The van der Waals surface area contributed by atoms with E-state index in [9.17, 15) is 0 Å². The van der Waals surface area contributed by atoms with Crippen molar-refractivity contribution in [1.82, 2.24) is 19.9 Å². The van der Waals surface area contributed by atoms with Crippen LogP contribution in [0.3, 0.4) is 0 Å². The van der Waals surface area contributed by atoms with Crippen molar-refractivity contribution in [3.63, 3.8) is 0 Å². The van der Waals surface area contributed by atoms with Gasteiger partial charge in [0.2, 0.25) is 0 Å². The zero-order valence-corrected chi connectivity index (χ0v) is 36.1. The number of nitrogens with zero attached hydrogens (tertiary/aromatic N) is 2. The standard InChI is InChI=1S/C52H62N4O4/c1-5-9-13-25-57-43-29-37(30-44(35-43)58-26-14-10-6-2)51-47-21-19-41(54-47)33-39-17-18-40(53-39)34-42-20-22-48(55-42)52(50-24-23-49(51)56-50)38-31-45(59-27-15-11-7-3)36-46(32-38)60-28-16-12-8-4/h17-24,29-36,54-55H,5-16,25-28H2,1-4H3. The quantitative estimate of drug-likeness (QED) is 0.0663. The molecule has 8 heteroatoms. The van der Waals surface area contributed by atoms with E-state index >= 15 is 0 Å². The molecule has 0 spiro atoms. The van der Waals surface area contributed by atoms with Gasteiger partial charge in [-0.1, -0.05) is 79.1 Å². The summed E-state index contributed by atoms with van der Waals surface area (Å²) in [6, 6.07) is 25.2. The topological polar surface area (TPSA) is 94.3 Å². The highest BCUT2D eigenvalue weighted by Gasteiger charge is 2.18. The molecule has 0 atom stereocenters. The number of ether oxygens (including phenoxy) is 4. The number of nitrogens with one attached hydrogen (secondary N) is 2. The van der Waals surface area contributed by atoms with E-state index in [0.29, 0.717) is 26.4 Å². The van der Waals surface area contributed by atoms with Crippen LogP contribution in [0.2, 0.25) is 0 Å². The maximum Gasteiger partial charge on any atom is 0.123 e. The summed E-state index contributed by atoms with van der Waals surface area (Å²) in [4.78, 5) is 17.8. The molecule has 0 amide bonds. The fourth-order valence-electron chi connectivity index (χ4n) is 7.61. The average Bonchev–Trinajstić information content (AvgIpc) is 4.09. The maximum atomic E-state index is 6.41. The first kappa shape index (κ1) is 42.4. The van der Waals surface area contributed by atoms with Gasteiger partial charge in [0.15, 0.2) is 0 Å². The molecule has 0 radical (unpaired) electrons. The largest absolute Gasteiger partial charge is 0.493 e. The number of H-pyrrole nitrogens is 2. The summed E-state index contributed by atoms with van der Waals surface area (Å²) in [6.45, 7) is 11.4. The number of aromatic amines is 2. The van der Waals surface area contributed by atoms with Crippen LogP contribution in [-0.4, -0.2) is 46.4 Å². The van der Waals surface area contributed by atoms with E-state index < -0.39 is 0 Å². The molecule has 8 bridgehead atoms. The maximum absolute atomic E-state index is 6.41. The van der Waals surface area contributed by atoms with E-state index in [0.717, 1.165) is 167 Å². The first-order valence-electron chi connectivity index (χ1n) is 22.5. The number of rotatable bonds is 22. The van der Waals surface area contributed by atoms with Gasteiger partial charge in [0.25, 0.3) is 0 Å². The molecule has 2 aromatic carbocycles. The molecule has 2 N–H and O–H groups in total. The van der Waals surface area contributed by atoms with Gasteiger partial charge < -0.3 is 28.9 Å². The fraction of sp³-hybridized carbons (Fsp3) is 0.385. The second-order valence-corrected chi connectivity index (χ2v) is 15.8. The molecule has 0 saturated carbocycles. The third kappa shape index (κ3) is 11.3. The predicted octanol–water partition coefficient (Wildman–Crippen LogP) is 14.3. The molecular formula is C52H62N4O4. The normalized spacial score (nSPS) is 11.9. The second kappa shape index (κ2) is 21.5. The van der Waals surface area contributed by atoms with Crippen LogP contribution in [0.5, 0.6) is 23.0 Å². The van der Waals surface area contributed by atoms with Crippen LogP contribution in [0.15, 0.2) is 72.8 Å². The first-order chi connectivity index (χ1) is 29.5. The van der Waals surface area contributed by atoms with E-state index in [4.69, 9.17) is 28.9 Å². The van der Waals surface area contributed by atoms with Gasteiger partial charge >= 0.3 is 0 Å². The molecular weight excluding hydrogens is 745 g/mol. The lowest BCUT2D eigenvalue weighted by Gasteiger charge is -2.14. The van der Waals surface area contributed by atoms with Crippen LogP contribution in [-0.2, 0) is 0 Å². The summed E-state index contributed by atoms with van der Waals surface area (Å²) in [5.41, 5.74) is 11.0. The summed E-state index contributed by atoms with van der Waals surface area (Å²) >= 11 is 0. The Morgan fingerprint density at radius 2 is 0.767 bits per heavy atom. The second-order valence-electron chi connectivity index (χ2n) is 15.8. The predicted molar refractivity (Wildman–Crippen MR) is 250 cm³/mol. The molecule has 314 valence electrons. The fourth-order valence-corrected chi connectivity index (χ4v) is 7.61. The Kier molecular flexibility index (Phi) is 15.2. The van der Waals surface area contributed by atoms with Gasteiger partial charge in [0.1, 0.15) is 23.0 Å². The smallest absolute Gasteiger partial charge is 0.123 e. The molecule has 3 aromatic heterocycles. The minimum Gasteiger partial charge on any atom is -0.493 e. The Balaban J connectivity index is 1.45. The third-order valence-corrected chi connectivity index (χ3v) is 10.8. The van der Waals surface area contributed by atoms with Crippen molar-refractivity contribution in [2.75, 3.05) is 26.4 Å². The van der Waals surface area contributed by atoms with Crippen molar-refractivity contribution < 1.29 is 18.9 Å². The van der Waals surface area contributed by atoms with Gasteiger partial charge in [-0.2, -0.15) is 0 Å². The Bertz CT molecular complexity index is 2200. The van der Waals surface area contributed by atoms with Gasteiger partial charge in [-0.3, -0.25) is 0 Å². The number of benzene rings is 2. The van der Waals surface area contributed by atoms with Gasteiger partial charge in [-0.05, 0) is 122 Å². The lowest BCUT2D eigenvalue weighted by molar-refractivity contribution is 0.291. The molecule has 8 nitrogen and oxygen atoms in total. The molecule has 0 unspecified atom stereocenters. The van der Waals surface area contributed by atoms with Crippen molar-refractivity contribution in [2.24, 2.45) is 0 Å². The van der Waals surface area contributed by atoms with Gasteiger partial charge in [-0.25, -0.2) is 9.97 Å². The van der Waals surface area contributed by atoms with Crippen LogP contribution >= 0.6 is 0 Å². The SMILES string of the molecule is CCCCCOc1cc(OCCCCC)cc(-c2c3nc(c(-c4cc(OCCCCC)cc(OCCCCC)c4)c4ccc(cc5nc(cc6ccc2[nH]6)C=C5)[nH]4)C=C3)c1. The Labute approximate surface area is 356 Å². The zero-order valence-electron chi connectivity index (χ0n) is 36.1. The zero-order chi connectivity index (χ0) is 41.5. The van der Waals surface area contributed by atoms with E-state index in [1.54, 1.807) is 0 Å². The summed E-state index contributed by atoms with van der Waals surface area (Å²) in [6.07, 6.45) is 21.4. The highest BCUT2D eigenvalue weighted by Crippen LogP contribution is 2.39. The Morgan fingerprint density at radius 3 is 1.12 bits per heavy atom. The molecule has 0 aliphatic carbocycles. The number of fused-ring (bicyclic) bond motifs is 8. The monoisotopic (exact) mass is 806 g/mol. The number of aromatic nitrogens is 4. The number of hydrogen-bond donors (Lipinski definition) is 2. The number of unbranched alkanes of at least 4 members (excludes halogenated alkanes) is 8. The molecule has 0 fully saturated rings. The van der Waals surface area contributed by atoms with Crippen LogP contribution in [0.4, 0.5) is 0 Å². The van der Waals surface area contributed by atoms with Crippen molar-refractivity contribution in [3.05, 3.63) is 95.6 Å². The van der Waals surface area contributed by atoms with E-state index in [1.165, 1.54) is 0 Å². The van der Waals surface area contributed by atoms with E-state index in [1.807, 2.05) is 12.1 Å². The minimum absolute atomic E-state index is 0.649. The molecule has 5 heterocycles. The van der Waals surface area contributed by atoms with Crippen molar-refractivity contribution in [3.8, 4) is 45.3 Å². The minimum atomic E-state index is 0.649. The highest BCUT2D eigenvalue weighted by atomic mass is 16.5. The molecule has 5 aromatic rings. The molecule has 60 heavy (non-hydrogen) atoms. The lowest BCUT2D eigenvalue weighted by Crippen LogP contribution is -2.01. The van der Waals surface area contributed by atoms with Crippen molar-refractivity contribution in [1.29, 1.82) is 0 Å². The molecule has 2 aliphatic heterocycles. The van der Waals surface area contributed by atoms with E-state index in [2.05, 4.69) is 123 Å². The van der Waals surface area contributed by atoms with E-state index in [-0.39, 0.29) is 0 Å². The Morgan fingerprint density at radius 1 is 0.400 bits per heavy atom. The Hall–Kier alpha value is -5.76. The van der Waals surface area contributed by atoms with Crippen molar-refractivity contribution >= 4 is 46.4 Å². The third-order valence-electron chi connectivity index (χ3n) is 10.8. The average molecular weight is 807 g/mol. The first-order valence-corrected chi connectivity index (χ1v) is 22.5. The number of hydrogen-bond acceptors (Lipinski definition) is 6. The van der Waals surface area contributed by atoms with Crippen LogP contribution < -0.4 is 18.9 Å². The molecule has 7 rings (SSSR count). The van der Waals surface area contributed by atoms with Gasteiger partial charge in [-0.15, -0.1) is 0 Å². The van der Waals surface area contributed by atoms with Gasteiger partial charge in [0.05, 0.1) is 49.2 Å². The van der Waals surface area contributed by atoms with Crippen LogP contribution in [0.1, 0.15) is 128 Å². The molecule has 2 aliphatic rings. The summed E-state index contributed by atoms with van der Waals surface area (Å²) in [5.74, 6) is 3.16. The van der Waals surface area contributed by atoms with Crippen molar-refractivity contribution in [2.45, 2.75) is 105 Å². The van der Waals surface area contributed by atoms with Crippen LogP contribution in [0.25, 0.3) is 68.6 Å². The summed E-state index contributed by atoms with van der Waals surface area (Å²) in [7, 11) is 0. The summed E-state index contributed by atoms with van der Waals surface area (Å²) < 4.78 is 25.7. The molecule has 0 saturated heterocycles.